The highest BCUT2D eigenvalue weighted by Gasteiger charge is 2.52. The van der Waals surface area contributed by atoms with Gasteiger partial charge in [0.05, 0.1) is 11.1 Å². The van der Waals surface area contributed by atoms with Gasteiger partial charge in [-0.3, -0.25) is 0 Å². The summed E-state index contributed by atoms with van der Waals surface area (Å²) in [6.45, 7) is 4.71. The molecule has 1 atom stereocenters. The fraction of sp³-hybridized carbons (Fsp3) is 0.106. The van der Waals surface area contributed by atoms with Crippen molar-refractivity contribution in [3.8, 4) is 44.5 Å². The van der Waals surface area contributed by atoms with E-state index >= 15 is 0 Å². The highest BCUT2D eigenvalue weighted by molar-refractivity contribution is 8.00. The van der Waals surface area contributed by atoms with Gasteiger partial charge in [0.1, 0.15) is 5.37 Å². The molecule has 1 nitrogen and oxygen atoms in total. The van der Waals surface area contributed by atoms with E-state index in [0.717, 1.165) is 0 Å². The lowest BCUT2D eigenvalue weighted by Crippen LogP contribution is -2.25. The van der Waals surface area contributed by atoms with Crippen LogP contribution in [0, 0.1) is 0 Å². The first-order valence-electron chi connectivity index (χ1n) is 17.3. The van der Waals surface area contributed by atoms with E-state index in [0.29, 0.717) is 0 Å². The molecule has 232 valence electrons. The minimum absolute atomic E-state index is 0.00181. The van der Waals surface area contributed by atoms with Crippen molar-refractivity contribution in [2.75, 3.05) is 5.32 Å². The zero-order valence-electron chi connectivity index (χ0n) is 27.4. The number of anilines is 1. The van der Waals surface area contributed by atoms with Crippen LogP contribution in [0.1, 0.15) is 58.2 Å². The average molecular weight is 644 g/mol. The molecule has 4 aliphatic rings. The Hall–Kier alpha value is -5.31. The predicted octanol–water partition coefficient (Wildman–Crippen LogP) is 12.2. The van der Waals surface area contributed by atoms with Crippen LogP contribution in [0.5, 0.6) is 0 Å². The third-order valence-electron chi connectivity index (χ3n) is 11.8. The summed E-state index contributed by atoms with van der Waals surface area (Å²) in [6.07, 6.45) is 0. The van der Waals surface area contributed by atoms with Gasteiger partial charge < -0.3 is 5.32 Å². The molecule has 3 aliphatic carbocycles. The summed E-state index contributed by atoms with van der Waals surface area (Å²) in [6, 6.07) is 57.1. The monoisotopic (exact) mass is 643 g/mol. The van der Waals surface area contributed by atoms with Crippen molar-refractivity contribution in [2.24, 2.45) is 0 Å². The van der Waals surface area contributed by atoms with Crippen LogP contribution in [0.3, 0.4) is 0 Å². The first-order chi connectivity index (χ1) is 24.0. The Morgan fingerprint density at radius 1 is 0.469 bits per heavy atom. The maximum atomic E-state index is 4.02. The molecule has 1 aliphatic heterocycles. The summed E-state index contributed by atoms with van der Waals surface area (Å²) in [5, 5.41) is 4.17. The second kappa shape index (κ2) is 9.65. The Kier molecular flexibility index (Phi) is 5.44. The van der Waals surface area contributed by atoms with E-state index in [1.54, 1.807) is 0 Å². The van der Waals surface area contributed by atoms with E-state index in [2.05, 4.69) is 171 Å². The Balaban J connectivity index is 0.975. The molecular formula is C47H33NS. The molecule has 0 fully saturated rings. The molecule has 0 radical (unpaired) electrons. The third kappa shape index (κ3) is 3.47. The molecule has 11 rings (SSSR count). The summed E-state index contributed by atoms with van der Waals surface area (Å²) >= 11 is 1.93. The molecule has 1 heterocycles. The van der Waals surface area contributed by atoms with Crippen molar-refractivity contribution in [3.63, 3.8) is 0 Å². The van der Waals surface area contributed by atoms with E-state index in [-0.39, 0.29) is 16.2 Å². The number of fused-ring (bicyclic) bond motifs is 15. The normalized spacial score (nSPS) is 17.4. The van der Waals surface area contributed by atoms with Crippen molar-refractivity contribution in [2.45, 2.75) is 34.9 Å². The minimum Gasteiger partial charge on any atom is -0.368 e. The molecule has 49 heavy (non-hydrogen) atoms. The van der Waals surface area contributed by atoms with E-state index in [1.807, 2.05) is 11.8 Å². The molecule has 1 N–H and O–H groups in total. The van der Waals surface area contributed by atoms with Crippen LogP contribution in [0.25, 0.3) is 44.5 Å². The summed E-state index contributed by atoms with van der Waals surface area (Å²) < 4.78 is 0. The van der Waals surface area contributed by atoms with Crippen molar-refractivity contribution in [1.82, 2.24) is 0 Å². The molecule has 7 aromatic carbocycles. The molecule has 0 bridgehead atoms. The lowest BCUT2D eigenvalue weighted by molar-refractivity contribution is 0.660. The highest BCUT2D eigenvalue weighted by Crippen LogP contribution is 2.66. The summed E-state index contributed by atoms with van der Waals surface area (Å²) in [4.78, 5) is 1.32. The molecule has 2 heteroatoms. The zero-order chi connectivity index (χ0) is 32.5. The minimum atomic E-state index is -0.313. The van der Waals surface area contributed by atoms with Gasteiger partial charge >= 0.3 is 0 Å². The molecule has 0 saturated heterocycles. The first-order valence-corrected chi connectivity index (χ1v) is 18.2. The number of nitrogens with one attached hydrogen (secondary N) is 1. The number of thioether (sulfide) groups is 1. The van der Waals surface area contributed by atoms with Gasteiger partial charge in [-0.05, 0) is 90.0 Å². The molecule has 0 amide bonds. The lowest BCUT2D eigenvalue weighted by atomic mass is 9.70. The average Bonchev–Trinajstić information content (AvgIpc) is 3.86. The Bertz CT molecular complexity index is 2490. The van der Waals surface area contributed by atoms with Gasteiger partial charge in [0.15, 0.2) is 0 Å². The largest absolute Gasteiger partial charge is 0.368 e. The zero-order valence-corrected chi connectivity index (χ0v) is 28.2. The van der Waals surface area contributed by atoms with Gasteiger partial charge in [-0.15, -0.1) is 0 Å². The fourth-order valence-electron chi connectivity index (χ4n) is 9.58. The molecule has 0 saturated carbocycles. The van der Waals surface area contributed by atoms with E-state index < -0.39 is 0 Å². The van der Waals surface area contributed by atoms with Gasteiger partial charge in [-0.25, -0.2) is 0 Å². The van der Waals surface area contributed by atoms with Crippen LogP contribution < -0.4 is 5.32 Å². The maximum Gasteiger partial charge on any atom is 0.103 e. The number of benzene rings is 7. The van der Waals surface area contributed by atoms with E-state index in [1.165, 1.54) is 94.0 Å². The smallest absolute Gasteiger partial charge is 0.103 e. The molecule has 0 aromatic heterocycles. The molecule has 7 aromatic rings. The van der Waals surface area contributed by atoms with Gasteiger partial charge in [0.2, 0.25) is 0 Å². The molecule has 1 unspecified atom stereocenters. The fourth-order valence-corrected chi connectivity index (χ4v) is 10.7. The van der Waals surface area contributed by atoms with Crippen LogP contribution in [-0.2, 0) is 10.8 Å². The Labute approximate surface area is 291 Å². The van der Waals surface area contributed by atoms with Gasteiger partial charge in [0.25, 0.3) is 0 Å². The standard InChI is InChI=1S/C47H33NS/c1-46(2)36-15-7-3-11-31(36)34-24-23-30(27-41(34)46)28-19-21-29(22-20-28)45-48-44-42(49-45)26-25-40-43(44)35-14-6-10-18-39(35)47(40)37-16-8-4-12-32(37)33-13-5-9-17-38(33)47/h3-27,45,48H,1-2H3. The number of hydrogen-bond acceptors (Lipinski definition) is 2. The van der Waals surface area contributed by atoms with E-state index in [9.17, 15) is 0 Å². The van der Waals surface area contributed by atoms with Gasteiger partial charge in [-0.2, -0.15) is 0 Å². The van der Waals surface area contributed by atoms with Crippen LogP contribution in [0.15, 0.2) is 157 Å². The van der Waals surface area contributed by atoms with Crippen molar-refractivity contribution >= 4 is 17.4 Å². The van der Waals surface area contributed by atoms with Crippen LogP contribution in [0.2, 0.25) is 0 Å². The van der Waals surface area contributed by atoms with Gasteiger partial charge in [-0.1, -0.05) is 165 Å². The maximum absolute atomic E-state index is 4.02. The Morgan fingerprint density at radius 2 is 1.00 bits per heavy atom. The van der Waals surface area contributed by atoms with Crippen molar-refractivity contribution in [1.29, 1.82) is 0 Å². The second-order valence-corrected chi connectivity index (χ2v) is 15.6. The Morgan fingerprint density at radius 3 is 1.67 bits per heavy atom. The SMILES string of the molecule is CC1(C)c2ccccc2-c2ccc(-c3ccc(C4Nc5c(ccc6c5-c5ccccc5C65c6ccccc6-c6ccccc65)S4)cc3)cc21. The van der Waals surface area contributed by atoms with Crippen LogP contribution in [0.4, 0.5) is 5.69 Å². The summed E-state index contributed by atoms with van der Waals surface area (Å²) in [7, 11) is 0. The molecule has 1 spiro atoms. The van der Waals surface area contributed by atoms with Gasteiger partial charge in [0, 0.05) is 15.9 Å². The number of hydrogen-bond donors (Lipinski definition) is 1. The first kappa shape index (κ1) is 27.6. The summed E-state index contributed by atoms with van der Waals surface area (Å²) in [5.41, 5.74) is 21.3. The van der Waals surface area contributed by atoms with Crippen molar-refractivity contribution in [3.05, 3.63) is 191 Å². The van der Waals surface area contributed by atoms with Crippen LogP contribution >= 0.6 is 11.8 Å². The lowest BCUT2D eigenvalue weighted by Gasteiger charge is -2.30. The van der Waals surface area contributed by atoms with Crippen LogP contribution in [-0.4, -0.2) is 0 Å². The molecular weight excluding hydrogens is 611 g/mol. The third-order valence-corrected chi connectivity index (χ3v) is 13.0. The van der Waals surface area contributed by atoms with E-state index in [4.69, 9.17) is 0 Å². The highest BCUT2D eigenvalue weighted by atomic mass is 32.2. The second-order valence-electron chi connectivity index (χ2n) is 14.4. The topological polar surface area (TPSA) is 12.0 Å². The quantitative estimate of drug-likeness (QED) is 0.201. The van der Waals surface area contributed by atoms with Crippen molar-refractivity contribution < 1.29 is 0 Å². The number of rotatable bonds is 2. The summed E-state index contributed by atoms with van der Waals surface area (Å²) in [5.74, 6) is 0. The predicted molar refractivity (Wildman–Crippen MR) is 204 cm³/mol.